The predicted octanol–water partition coefficient (Wildman–Crippen LogP) is 4.99. The van der Waals surface area contributed by atoms with E-state index in [2.05, 4.69) is 0 Å². The predicted molar refractivity (Wildman–Crippen MR) is 112 cm³/mol. The molecule has 0 saturated carbocycles. The minimum Gasteiger partial charge on any atom is -0.544 e. The molecule has 0 fully saturated rings. The van der Waals surface area contributed by atoms with Gasteiger partial charge >= 0.3 is 47.0 Å². The summed E-state index contributed by atoms with van der Waals surface area (Å²) in [5.74, 6) is -53.6. The first kappa shape index (κ1) is 42.1. The van der Waals surface area contributed by atoms with E-state index in [0.29, 0.717) is 0 Å². The number of quaternary nitrogens is 1. The molecule has 0 aliphatic heterocycles. The van der Waals surface area contributed by atoms with Gasteiger partial charge in [-0.3, -0.25) is 0 Å². The molecule has 0 N–H and O–H groups in total. The molecule has 0 unspecified atom stereocenters. The minimum absolute atomic E-state index is 0.0349. The minimum atomic E-state index is -8.90. The van der Waals surface area contributed by atoms with Gasteiger partial charge in [0.2, 0.25) is 0 Å². The molecule has 0 amide bonds. The molecule has 0 heterocycles. The summed E-state index contributed by atoms with van der Waals surface area (Å²) >= 11 is 0. The number of halogens is 17. The molecule has 0 bridgehead atoms. The average Bonchev–Trinajstić information content (AvgIpc) is 2.85. The van der Waals surface area contributed by atoms with Crippen molar-refractivity contribution in [2.45, 2.75) is 80.6 Å². The fourth-order valence-electron chi connectivity index (χ4n) is 3.77. The summed E-state index contributed by atoms with van der Waals surface area (Å²) in [6, 6.07) is 0. The van der Waals surface area contributed by atoms with Crippen molar-refractivity contribution in [1.82, 2.24) is 4.31 Å². The van der Waals surface area contributed by atoms with Gasteiger partial charge in [-0.25, -0.2) is 8.42 Å². The van der Waals surface area contributed by atoms with Gasteiger partial charge in [-0.05, 0) is 20.3 Å². The van der Waals surface area contributed by atoms with Crippen molar-refractivity contribution >= 4 is 16.0 Å². The molecule has 0 aliphatic rings. The van der Waals surface area contributed by atoms with Crippen LogP contribution in [0.3, 0.4) is 0 Å². The van der Waals surface area contributed by atoms with Crippen LogP contribution in [-0.2, 0) is 14.8 Å². The zero-order chi connectivity index (χ0) is 35.8. The smallest absolute Gasteiger partial charge is 0.460 e. The van der Waals surface area contributed by atoms with E-state index in [-0.39, 0.29) is 13.1 Å². The van der Waals surface area contributed by atoms with Crippen molar-refractivity contribution in [2.24, 2.45) is 0 Å². The van der Waals surface area contributed by atoms with Gasteiger partial charge in [-0.2, -0.15) is 78.9 Å². The zero-order valence-corrected chi connectivity index (χ0v) is 23.3. The molecule has 24 heteroatoms. The molecule has 264 valence electrons. The third kappa shape index (κ3) is 6.52. The summed E-state index contributed by atoms with van der Waals surface area (Å²) in [5.41, 5.74) is 0. The number of aliphatic carboxylic acids is 1. The van der Waals surface area contributed by atoms with E-state index in [0.717, 1.165) is 6.92 Å². The Bertz CT molecular complexity index is 1110. The number of alkyl halides is 17. The normalized spacial score (nSPS) is 15.7. The molecule has 44 heavy (non-hydrogen) atoms. The van der Waals surface area contributed by atoms with Gasteiger partial charge < -0.3 is 14.4 Å². The molecule has 0 rings (SSSR count). The van der Waals surface area contributed by atoms with Gasteiger partial charge in [0.15, 0.2) is 0 Å². The standard InChI is InChI=1S/C20H25F17N2O4S/c1-4-8-38(9-7-10-39(5-2,6-3)11-12(40)41)44(42,43)20(36,37)18(31,32)16(27,28)14(23,24)13(21,22)15(25,26)17(29,30)19(33,34)35/h4-11H2,1-3H3. The average molecular weight is 712 g/mol. The number of nitrogens with zero attached hydrogens (tertiary/aromatic N) is 2. The van der Waals surface area contributed by atoms with Crippen LogP contribution in [0.5, 0.6) is 0 Å². The van der Waals surface area contributed by atoms with Crippen LogP contribution in [0, 0.1) is 0 Å². The van der Waals surface area contributed by atoms with Crippen LogP contribution >= 0.6 is 0 Å². The molecule has 0 atom stereocenters. The van der Waals surface area contributed by atoms with E-state index in [4.69, 9.17) is 0 Å². The largest absolute Gasteiger partial charge is 0.544 e. The van der Waals surface area contributed by atoms with Crippen LogP contribution in [0.15, 0.2) is 0 Å². The first-order valence-electron chi connectivity index (χ1n) is 12.0. The number of sulfonamides is 1. The number of carboxylic acids is 1. The maximum absolute atomic E-state index is 14.6. The Hall–Kier alpha value is -1.85. The van der Waals surface area contributed by atoms with Crippen molar-refractivity contribution in [3.63, 3.8) is 0 Å². The second-order valence-corrected chi connectivity index (χ2v) is 11.4. The number of hydrogen-bond donors (Lipinski definition) is 0. The molecule has 0 saturated heterocycles. The van der Waals surface area contributed by atoms with Crippen LogP contribution in [-0.4, -0.2) is 109 Å². The van der Waals surface area contributed by atoms with Gasteiger partial charge in [-0.1, -0.05) is 6.92 Å². The van der Waals surface area contributed by atoms with Crippen LogP contribution in [0.1, 0.15) is 33.6 Å². The number of carbonyl (C=O) groups is 1. The number of rotatable bonds is 18. The van der Waals surface area contributed by atoms with Crippen molar-refractivity contribution in [3.8, 4) is 0 Å². The lowest BCUT2D eigenvalue weighted by molar-refractivity contribution is -0.919. The second kappa shape index (κ2) is 12.7. The Morgan fingerprint density at radius 3 is 1.32 bits per heavy atom. The summed E-state index contributed by atoms with van der Waals surface area (Å²) < 4.78 is 254. The molecule has 0 aromatic rings. The third-order valence-electron chi connectivity index (χ3n) is 6.68. The quantitative estimate of drug-likeness (QED) is 0.148. The Morgan fingerprint density at radius 1 is 0.636 bits per heavy atom. The van der Waals surface area contributed by atoms with E-state index < -0.39 is 111 Å². The Kier molecular flexibility index (Phi) is 12.2. The van der Waals surface area contributed by atoms with Crippen molar-refractivity contribution in [3.05, 3.63) is 0 Å². The van der Waals surface area contributed by atoms with E-state index in [9.17, 15) is 93.0 Å². The molecular weight excluding hydrogens is 687 g/mol. The number of carbonyl (C=O) groups excluding carboxylic acids is 1. The molecule has 6 nitrogen and oxygen atoms in total. The van der Waals surface area contributed by atoms with E-state index >= 15 is 0 Å². The topological polar surface area (TPSA) is 77.5 Å². The summed E-state index contributed by atoms with van der Waals surface area (Å²) in [7, 11) is -7.41. The number of hydrogen-bond acceptors (Lipinski definition) is 4. The molecule has 0 aromatic carbocycles. The number of likely N-dealkylation sites (N-methyl/N-ethyl adjacent to an activating group) is 1. The molecule has 0 aliphatic carbocycles. The highest BCUT2D eigenvalue weighted by atomic mass is 32.2. The van der Waals surface area contributed by atoms with E-state index in [1.807, 2.05) is 0 Å². The highest BCUT2D eigenvalue weighted by molar-refractivity contribution is 7.90. The van der Waals surface area contributed by atoms with Gasteiger partial charge in [0.1, 0.15) is 6.54 Å². The van der Waals surface area contributed by atoms with Gasteiger partial charge in [0.05, 0.1) is 25.6 Å². The fraction of sp³-hybridized carbons (Fsp3) is 0.950. The van der Waals surface area contributed by atoms with Crippen molar-refractivity contribution < 1.29 is 97.4 Å². The Labute approximate surface area is 238 Å². The summed E-state index contributed by atoms with van der Waals surface area (Å²) in [4.78, 5) is 11.0. The highest BCUT2D eigenvalue weighted by Crippen LogP contribution is 2.64. The lowest BCUT2D eigenvalue weighted by Crippen LogP contribution is -2.75. The second-order valence-electron chi connectivity index (χ2n) is 9.45. The maximum Gasteiger partial charge on any atom is 0.460 e. The summed E-state index contributed by atoms with van der Waals surface area (Å²) in [6.45, 7) is -0.151. The SMILES string of the molecule is CCCN(CCC[N+](CC)(CC)CC(=O)[O-])S(=O)(=O)C(F)(F)C(F)(F)C(F)(F)C(F)(F)C(F)(F)C(F)(F)C(F)(F)C(F)(F)F. The lowest BCUT2D eigenvalue weighted by atomic mass is 9.91. The van der Waals surface area contributed by atoms with Gasteiger partial charge in [0.25, 0.3) is 10.0 Å². The van der Waals surface area contributed by atoms with E-state index in [1.54, 1.807) is 0 Å². The van der Waals surface area contributed by atoms with Gasteiger partial charge in [-0.15, -0.1) is 0 Å². The molecular formula is C20H25F17N2O4S. The lowest BCUT2D eigenvalue weighted by Gasteiger charge is -2.43. The highest BCUT2D eigenvalue weighted by Gasteiger charge is 2.96. The Morgan fingerprint density at radius 2 is 1.00 bits per heavy atom. The van der Waals surface area contributed by atoms with Crippen molar-refractivity contribution in [1.29, 1.82) is 0 Å². The fourth-order valence-corrected chi connectivity index (χ4v) is 5.34. The molecule has 0 spiro atoms. The Balaban J connectivity index is 6.84. The van der Waals surface area contributed by atoms with Gasteiger partial charge in [0, 0.05) is 19.5 Å². The molecule has 0 radical (unpaired) electrons. The van der Waals surface area contributed by atoms with Crippen LogP contribution < -0.4 is 5.11 Å². The first-order chi connectivity index (χ1) is 19.2. The van der Waals surface area contributed by atoms with E-state index in [1.165, 1.54) is 13.8 Å². The summed E-state index contributed by atoms with van der Waals surface area (Å²) in [6.07, 6.45) is -9.24. The van der Waals surface area contributed by atoms with Crippen LogP contribution in [0.4, 0.5) is 74.6 Å². The van der Waals surface area contributed by atoms with Crippen molar-refractivity contribution in [2.75, 3.05) is 39.3 Å². The van der Waals surface area contributed by atoms with Crippen LogP contribution in [0.25, 0.3) is 0 Å². The monoisotopic (exact) mass is 712 g/mol. The zero-order valence-electron chi connectivity index (χ0n) is 22.5. The number of carboxylic acid groups (broad SMARTS) is 1. The summed E-state index contributed by atoms with van der Waals surface area (Å²) in [5, 5.41) is 3.37. The third-order valence-corrected chi connectivity index (χ3v) is 8.63. The molecule has 0 aromatic heterocycles. The maximum atomic E-state index is 14.6. The van der Waals surface area contributed by atoms with Crippen LogP contribution in [0.2, 0.25) is 0 Å². The first-order valence-corrected chi connectivity index (χ1v) is 13.4.